The average molecular weight is 260 g/mol. The molecule has 0 spiro atoms. The highest BCUT2D eigenvalue weighted by Crippen LogP contribution is 2.31. The molecule has 0 unspecified atom stereocenters. The lowest BCUT2D eigenvalue weighted by molar-refractivity contribution is 0.474. The van der Waals surface area contributed by atoms with Gasteiger partial charge in [0.2, 0.25) is 0 Å². The molecule has 3 heteroatoms. The minimum Gasteiger partial charge on any atom is -0.507 e. The van der Waals surface area contributed by atoms with Gasteiger partial charge in [0.1, 0.15) is 5.75 Å². The second kappa shape index (κ2) is 5.39. The summed E-state index contributed by atoms with van der Waals surface area (Å²) in [5.41, 5.74) is 6.10. The molecule has 1 aliphatic rings. The zero-order chi connectivity index (χ0) is 13.8. The zero-order valence-electron chi connectivity index (χ0n) is 10.7. The lowest BCUT2D eigenvalue weighted by atomic mass is 10.1. The number of hydrogen-bond acceptors (Lipinski definition) is 3. The van der Waals surface area contributed by atoms with Crippen molar-refractivity contribution in [1.82, 2.24) is 0 Å². The fraction of sp³-hybridized carbons (Fsp3) is 0. The molecule has 0 heterocycles. The smallest absolute Gasteiger partial charge is 0.124 e. The second-order valence-electron chi connectivity index (χ2n) is 4.32. The van der Waals surface area contributed by atoms with Gasteiger partial charge in [-0.05, 0) is 42.5 Å². The van der Waals surface area contributed by atoms with Gasteiger partial charge in [0.15, 0.2) is 0 Å². The molecule has 0 saturated carbocycles. The van der Waals surface area contributed by atoms with Crippen LogP contribution < -0.4 is 0 Å². The topological polar surface area (TPSA) is 45.0 Å². The number of allylic oxidation sites excluding steroid dienone is 3. The molecule has 1 aliphatic carbocycles. The van der Waals surface area contributed by atoms with Crippen molar-refractivity contribution in [3.8, 4) is 5.75 Å². The second-order valence-corrected chi connectivity index (χ2v) is 4.32. The van der Waals surface area contributed by atoms with Crippen molar-refractivity contribution >= 4 is 16.9 Å². The van der Waals surface area contributed by atoms with E-state index in [4.69, 9.17) is 0 Å². The summed E-state index contributed by atoms with van der Waals surface area (Å²) >= 11 is 0. The van der Waals surface area contributed by atoms with Gasteiger partial charge in [0.25, 0.3) is 0 Å². The van der Waals surface area contributed by atoms with Crippen molar-refractivity contribution in [3.05, 3.63) is 78.1 Å². The van der Waals surface area contributed by atoms with Crippen molar-refractivity contribution < 1.29 is 5.11 Å². The molecular weight excluding hydrogens is 248 g/mol. The summed E-state index contributed by atoms with van der Waals surface area (Å²) in [6.07, 6.45) is 5.59. The SMILES string of the molecule is Oc1ccc(N=Nc2ccccc2)cc1C1=C=CC=C1. The summed E-state index contributed by atoms with van der Waals surface area (Å²) in [4.78, 5) is 0. The van der Waals surface area contributed by atoms with E-state index >= 15 is 0 Å². The quantitative estimate of drug-likeness (QED) is 0.618. The molecule has 2 aromatic carbocycles. The summed E-state index contributed by atoms with van der Waals surface area (Å²) in [5.74, 6) is 0.214. The predicted molar refractivity (Wildman–Crippen MR) is 79.4 cm³/mol. The molecule has 0 aliphatic heterocycles. The molecule has 20 heavy (non-hydrogen) atoms. The molecule has 0 atom stereocenters. The molecule has 96 valence electrons. The largest absolute Gasteiger partial charge is 0.507 e. The fourth-order valence-corrected chi connectivity index (χ4v) is 1.91. The molecule has 0 radical (unpaired) electrons. The number of hydrogen-bond donors (Lipinski definition) is 1. The van der Waals surface area contributed by atoms with Crippen LogP contribution in [-0.2, 0) is 0 Å². The Labute approximate surface area is 116 Å². The number of phenols is 1. The monoisotopic (exact) mass is 260 g/mol. The van der Waals surface area contributed by atoms with Gasteiger partial charge in [-0.2, -0.15) is 10.2 Å². The molecule has 3 rings (SSSR count). The Morgan fingerprint density at radius 2 is 1.70 bits per heavy atom. The van der Waals surface area contributed by atoms with Gasteiger partial charge < -0.3 is 5.11 Å². The van der Waals surface area contributed by atoms with Crippen LogP contribution in [0.15, 0.2) is 82.7 Å². The van der Waals surface area contributed by atoms with E-state index in [-0.39, 0.29) is 5.75 Å². The predicted octanol–water partition coefficient (Wildman–Crippen LogP) is 4.92. The number of rotatable bonds is 3. The van der Waals surface area contributed by atoms with Crippen LogP contribution in [-0.4, -0.2) is 5.11 Å². The maximum atomic E-state index is 9.90. The summed E-state index contributed by atoms with van der Waals surface area (Å²) in [6, 6.07) is 14.7. The van der Waals surface area contributed by atoms with Gasteiger partial charge in [0.05, 0.1) is 11.4 Å². The van der Waals surface area contributed by atoms with E-state index in [2.05, 4.69) is 16.0 Å². The van der Waals surface area contributed by atoms with Crippen LogP contribution in [0.1, 0.15) is 5.56 Å². The molecule has 0 fully saturated rings. The highest BCUT2D eigenvalue weighted by molar-refractivity contribution is 5.80. The summed E-state index contributed by atoms with van der Waals surface area (Å²) in [6.45, 7) is 0. The first-order chi connectivity index (χ1) is 9.83. The van der Waals surface area contributed by atoms with Gasteiger partial charge in [-0.15, -0.1) is 5.73 Å². The number of benzene rings is 2. The normalized spacial score (nSPS) is 13.1. The van der Waals surface area contributed by atoms with Crippen LogP contribution in [0.4, 0.5) is 11.4 Å². The van der Waals surface area contributed by atoms with Gasteiger partial charge >= 0.3 is 0 Å². The number of nitrogens with zero attached hydrogens (tertiary/aromatic N) is 2. The highest BCUT2D eigenvalue weighted by atomic mass is 16.3. The molecule has 0 saturated heterocycles. The average Bonchev–Trinajstić information content (AvgIpc) is 3.01. The maximum Gasteiger partial charge on any atom is 0.124 e. The molecule has 1 N–H and O–H groups in total. The lowest BCUT2D eigenvalue weighted by Gasteiger charge is -2.03. The van der Waals surface area contributed by atoms with Crippen molar-refractivity contribution in [2.75, 3.05) is 0 Å². The molecule has 3 nitrogen and oxygen atoms in total. The Hall–Kier alpha value is -2.90. The van der Waals surface area contributed by atoms with Crippen LogP contribution in [0.25, 0.3) is 5.57 Å². The van der Waals surface area contributed by atoms with E-state index in [9.17, 15) is 5.11 Å². The molecule has 0 aromatic heterocycles. The van der Waals surface area contributed by atoms with E-state index in [1.54, 1.807) is 18.2 Å². The zero-order valence-corrected chi connectivity index (χ0v) is 10.7. The lowest BCUT2D eigenvalue weighted by Crippen LogP contribution is -1.80. The molecule has 0 bridgehead atoms. The third-order valence-electron chi connectivity index (χ3n) is 2.91. The van der Waals surface area contributed by atoms with Crippen LogP contribution in [0.5, 0.6) is 5.75 Å². The van der Waals surface area contributed by atoms with E-state index < -0.39 is 0 Å². The number of azo groups is 1. The number of phenolic OH excluding ortho intramolecular Hbond substituents is 1. The Morgan fingerprint density at radius 1 is 0.900 bits per heavy atom. The summed E-state index contributed by atoms with van der Waals surface area (Å²) in [5, 5.41) is 18.2. The van der Waals surface area contributed by atoms with Crippen LogP contribution >= 0.6 is 0 Å². The minimum atomic E-state index is 0.214. The number of aromatic hydroxyl groups is 1. The third-order valence-corrected chi connectivity index (χ3v) is 2.91. The van der Waals surface area contributed by atoms with E-state index in [0.717, 1.165) is 11.3 Å². The van der Waals surface area contributed by atoms with Crippen LogP contribution in [0, 0.1) is 0 Å². The van der Waals surface area contributed by atoms with Crippen LogP contribution in [0.2, 0.25) is 0 Å². The van der Waals surface area contributed by atoms with Gasteiger partial charge in [-0.25, -0.2) is 0 Å². The van der Waals surface area contributed by atoms with Gasteiger partial charge in [-0.1, -0.05) is 24.3 Å². The summed E-state index contributed by atoms with van der Waals surface area (Å²) in [7, 11) is 0. The van der Waals surface area contributed by atoms with E-state index in [0.29, 0.717) is 11.3 Å². The van der Waals surface area contributed by atoms with Gasteiger partial charge in [0, 0.05) is 11.1 Å². The van der Waals surface area contributed by atoms with E-state index in [1.807, 2.05) is 48.6 Å². The van der Waals surface area contributed by atoms with Crippen molar-refractivity contribution in [1.29, 1.82) is 0 Å². The highest BCUT2D eigenvalue weighted by Gasteiger charge is 2.07. The van der Waals surface area contributed by atoms with Crippen molar-refractivity contribution in [3.63, 3.8) is 0 Å². The first-order valence-electron chi connectivity index (χ1n) is 6.26. The third kappa shape index (κ3) is 2.58. The molecule has 2 aromatic rings. The van der Waals surface area contributed by atoms with E-state index in [1.165, 1.54) is 0 Å². The minimum absolute atomic E-state index is 0.214. The maximum absolute atomic E-state index is 9.90. The standard InChI is InChI=1S/C17H12N2O/c20-17-11-10-15(12-16(17)13-6-4-5-7-13)19-18-14-8-2-1-3-9-14/h1-6,8-12,20H. The summed E-state index contributed by atoms with van der Waals surface area (Å²) < 4.78 is 0. The first kappa shape index (κ1) is 12.2. The Bertz CT molecular complexity index is 752. The Kier molecular flexibility index (Phi) is 3.27. The van der Waals surface area contributed by atoms with Gasteiger partial charge in [-0.3, -0.25) is 0 Å². The van der Waals surface area contributed by atoms with Crippen molar-refractivity contribution in [2.45, 2.75) is 0 Å². The fourth-order valence-electron chi connectivity index (χ4n) is 1.91. The van der Waals surface area contributed by atoms with Crippen molar-refractivity contribution in [2.24, 2.45) is 10.2 Å². The first-order valence-corrected chi connectivity index (χ1v) is 6.26. The Balaban J connectivity index is 1.92. The molecular formula is C17H12N2O. The Morgan fingerprint density at radius 3 is 2.45 bits per heavy atom. The van der Waals surface area contributed by atoms with Crippen LogP contribution in [0.3, 0.4) is 0 Å². The molecule has 0 amide bonds.